The summed E-state index contributed by atoms with van der Waals surface area (Å²) in [5, 5.41) is 0.253. The third kappa shape index (κ3) is 3.10. The molecule has 2 heterocycles. The Morgan fingerprint density at radius 3 is 2.64 bits per heavy atom. The van der Waals surface area contributed by atoms with Crippen molar-refractivity contribution in [3.63, 3.8) is 0 Å². The average Bonchev–Trinajstić information content (AvgIpc) is 3.36. The summed E-state index contributed by atoms with van der Waals surface area (Å²) >= 11 is 0. The SMILES string of the molecule is C=c1[nH]c(=O)c(=Cc2ncn(Cc3ccccc3)c2C2CC2)[nH]c1=O. The van der Waals surface area contributed by atoms with Crippen molar-refractivity contribution in [2.45, 2.75) is 25.3 Å². The fourth-order valence-corrected chi connectivity index (χ4v) is 2.98. The summed E-state index contributed by atoms with van der Waals surface area (Å²) in [7, 11) is 0. The van der Waals surface area contributed by atoms with Gasteiger partial charge in [-0.1, -0.05) is 36.9 Å². The molecule has 126 valence electrons. The van der Waals surface area contributed by atoms with Crippen LogP contribution in [-0.2, 0) is 6.54 Å². The van der Waals surface area contributed by atoms with Gasteiger partial charge in [-0.15, -0.1) is 0 Å². The first kappa shape index (κ1) is 15.4. The number of benzene rings is 1. The molecule has 0 atom stereocenters. The summed E-state index contributed by atoms with van der Waals surface area (Å²) in [6.07, 6.45) is 5.68. The van der Waals surface area contributed by atoms with E-state index in [9.17, 15) is 9.59 Å². The van der Waals surface area contributed by atoms with E-state index in [1.54, 1.807) is 12.4 Å². The quantitative estimate of drug-likeness (QED) is 0.725. The summed E-state index contributed by atoms with van der Waals surface area (Å²) in [6.45, 7) is 4.24. The lowest BCUT2D eigenvalue weighted by Crippen LogP contribution is -2.46. The molecule has 0 radical (unpaired) electrons. The second-order valence-electron chi connectivity index (χ2n) is 6.35. The van der Waals surface area contributed by atoms with Crippen molar-refractivity contribution in [3.8, 4) is 0 Å². The summed E-state index contributed by atoms with van der Waals surface area (Å²) in [6, 6.07) is 10.2. The van der Waals surface area contributed by atoms with Crippen LogP contribution in [0.15, 0.2) is 46.2 Å². The van der Waals surface area contributed by atoms with Gasteiger partial charge in [0.2, 0.25) is 0 Å². The zero-order chi connectivity index (χ0) is 17.4. The third-order valence-electron chi connectivity index (χ3n) is 4.38. The van der Waals surface area contributed by atoms with Gasteiger partial charge in [0.15, 0.2) is 0 Å². The normalized spacial score (nSPS) is 14.8. The summed E-state index contributed by atoms with van der Waals surface area (Å²) in [4.78, 5) is 33.3. The molecule has 0 spiro atoms. The zero-order valence-electron chi connectivity index (χ0n) is 13.7. The Balaban J connectivity index is 1.80. The zero-order valence-corrected chi connectivity index (χ0v) is 13.7. The molecule has 1 fully saturated rings. The fourth-order valence-electron chi connectivity index (χ4n) is 2.98. The number of rotatable bonds is 4. The van der Waals surface area contributed by atoms with Crippen molar-refractivity contribution in [2.75, 3.05) is 0 Å². The maximum absolute atomic E-state index is 12.1. The van der Waals surface area contributed by atoms with Crippen LogP contribution in [0.3, 0.4) is 0 Å². The number of nitrogens with one attached hydrogen (secondary N) is 2. The van der Waals surface area contributed by atoms with E-state index in [0.717, 1.165) is 30.8 Å². The number of H-pyrrole nitrogens is 2. The van der Waals surface area contributed by atoms with E-state index in [2.05, 4.69) is 38.2 Å². The van der Waals surface area contributed by atoms with Crippen molar-refractivity contribution >= 4 is 12.7 Å². The molecule has 1 aliphatic rings. The summed E-state index contributed by atoms with van der Waals surface area (Å²) < 4.78 is 2.13. The van der Waals surface area contributed by atoms with E-state index >= 15 is 0 Å². The van der Waals surface area contributed by atoms with Crippen LogP contribution in [0, 0.1) is 0 Å². The summed E-state index contributed by atoms with van der Waals surface area (Å²) in [5.41, 5.74) is 2.27. The lowest BCUT2D eigenvalue weighted by atomic mass is 10.2. The Morgan fingerprint density at radius 2 is 1.92 bits per heavy atom. The Kier molecular flexibility index (Phi) is 3.72. The van der Waals surface area contributed by atoms with Gasteiger partial charge in [-0.2, -0.15) is 0 Å². The number of hydrogen-bond donors (Lipinski definition) is 2. The van der Waals surface area contributed by atoms with E-state index in [0.29, 0.717) is 5.92 Å². The smallest absolute Gasteiger partial charge is 0.272 e. The van der Waals surface area contributed by atoms with Crippen molar-refractivity contribution in [3.05, 3.63) is 85.0 Å². The number of nitrogens with zero attached hydrogens (tertiary/aromatic N) is 2. The largest absolute Gasteiger partial charge is 0.329 e. The molecule has 3 aromatic rings. The molecule has 1 aromatic carbocycles. The number of aromatic nitrogens is 4. The molecular weight excluding hydrogens is 316 g/mol. The van der Waals surface area contributed by atoms with Gasteiger partial charge in [-0.3, -0.25) is 9.59 Å². The highest BCUT2D eigenvalue weighted by atomic mass is 16.1. The number of imidazole rings is 1. The highest BCUT2D eigenvalue weighted by Gasteiger charge is 2.29. The molecule has 2 aromatic heterocycles. The number of hydrogen-bond acceptors (Lipinski definition) is 3. The minimum Gasteiger partial charge on any atom is -0.329 e. The molecule has 0 saturated heterocycles. The molecular formula is C19H18N4O2. The minimum absolute atomic E-state index is 0.0548. The van der Waals surface area contributed by atoms with E-state index in [1.807, 2.05) is 18.2 Å². The first-order valence-electron chi connectivity index (χ1n) is 8.24. The van der Waals surface area contributed by atoms with E-state index in [1.165, 1.54) is 5.56 Å². The van der Waals surface area contributed by atoms with Gasteiger partial charge in [0.1, 0.15) is 5.35 Å². The second kappa shape index (κ2) is 6.05. The van der Waals surface area contributed by atoms with E-state index < -0.39 is 5.56 Å². The van der Waals surface area contributed by atoms with Gasteiger partial charge in [0.25, 0.3) is 11.1 Å². The average molecular weight is 334 g/mol. The Hall–Kier alpha value is -3.15. The first-order valence-corrected chi connectivity index (χ1v) is 8.24. The molecule has 6 heteroatoms. The second-order valence-corrected chi connectivity index (χ2v) is 6.35. The topological polar surface area (TPSA) is 83.5 Å². The van der Waals surface area contributed by atoms with Crippen molar-refractivity contribution in [2.24, 2.45) is 0 Å². The lowest BCUT2D eigenvalue weighted by Gasteiger charge is -2.08. The predicted molar refractivity (Wildman–Crippen MR) is 95.8 cm³/mol. The molecule has 25 heavy (non-hydrogen) atoms. The number of aromatic amines is 2. The van der Waals surface area contributed by atoms with Gasteiger partial charge < -0.3 is 14.5 Å². The van der Waals surface area contributed by atoms with Gasteiger partial charge in [0, 0.05) is 18.2 Å². The highest BCUT2D eigenvalue weighted by molar-refractivity contribution is 5.48. The minimum atomic E-state index is -0.400. The maximum atomic E-state index is 12.1. The van der Waals surface area contributed by atoms with Gasteiger partial charge in [-0.25, -0.2) is 4.98 Å². The Bertz CT molecular complexity index is 1130. The van der Waals surface area contributed by atoms with Crippen LogP contribution < -0.4 is 21.8 Å². The molecule has 4 rings (SSSR count). The molecule has 1 saturated carbocycles. The fraction of sp³-hybridized carbons (Fsp3) is 0.211. The first-order chi connectivity index (χ1) is 12.1. The monoisotopic (exact) mass is 334 g/mol. The molecule has 0 bridgehead atoms. The van der Waals surface area contributed by atoms with Crippen LogP contribution in [0.5, 0.6) is 0 Å². The standard InChI is InChI=1S/C19H18N4O2/c1-12-18(24)22-16(19(25)21-12)9-15-17(14-7-8-14)23(11-20-15)10-13-5-3-2-4-6-13/h2-6,9,11,14H,1,7-8,10H2,(H,21,25)(H,22,24). The van der Waals surface area contributed by atoms with Crippen LogP contribution in [0.1, 0.15) is 35.7 Å². The molecule has 6 nitrogen and oxygen atoms in total. The maximum Gasteiger partial charge on any atom is 0.272 e. The Morgan fingerprint density at radius 1 is 1.16 bits per heavy atom. The van der Waals surface area contributed by atoms with Crippen LogP contribution in [0.4, 0.5) is 0 Å². The highest BCUT2D eigenvalue weighted by Crippen LogP contribution is 2.41. The molecule has 0 amide bonds. The predicted octanol–water partition coefficient (Wildman–Crippen LogP) is 0.424. The van der Waals surface area contributed by atoms with Gasteiger partial charge in [-0.05, 0) is 24.5 Å². The van der Waals surface area contributed by atoms with Gasteiger partial charge in [0.05, 0.1) is 17.4 Å². The van der Waals surface area contributed by atoms with E-state index in [-0.39, 0.29) is 16.3 Å². The molecule has 1 aliphatic carbocycles. The van der Waals surface area contributed by atoms with Crippen LogP contribution >= 0.6 is 0 Å². The Labute approximate surface area is 143 Å². The third-order valence-corrected chi connectivity index (χ3v) is 4.38. The van der Waals surface area contributed by atoms with Crippen LogP contribution in [0.2, 0.25) is 0 Å². The molecule has 0 aliphatic heterocycles. The van der Waals surface area contributed by atoms with E-state index in [4.69, 9.17) is 0 Å². The van der Waals surface area contributed by atoms with Crippen molar-refractivity contribution < 1.29 is 0 Å². The van der Waals surface area contributed by atoms with Crippen LogP contribution in [0.25, 0.3) is 12.7 Å². The molecule has 0 unspecified atom stereocenters. The van der Waals surface area contributed by atoms with Crippen molar-refractivity contribution in [1.82, 2.24) is 19.5 Å². The van der Waals surface area contributed by atoms with Crippen LogP contribution in [-0.4, -0.2) is 19.5 Å². The summed E-state index contributed by atoms with van der Waals surface area (Å²) in [5.74, 6) is 0.454. The lowest BCUT2D eigenvalue weighted by molar-refractivity contribution is 0.741. The molecule has 2 N–H and O–H groups in total. The van der Waals surface area contributed by atoms with Gasteiger partial charge >= 0.3 is 0 Å². The van der Waals surface area contributed by atoms with Crippen molar-refractivity contribution in [1.29, 1.82) is 0 Å².